The highest BCUT2D eigenvalue weighted by molar-refractivity contribution is 7.16. The maximum absolute atomic E-state index is 13.7. The van der Waals surface area contributed by atoms with E-state index in [1.165, 1.54) is 16.7 Å². The molecule has 5 rings (SSSR count). The summed E-state index contributed by atoms with van der Waals surface area (Å²) in [6, 6.07) is 22.6. The van der Waals surface area contributed by atoms with Crippen molar-refractivity contribution in [1.29, 1.82) is 0 Å². The maximum atomic E-state index is 13.7. The SMILES string of the molecule is Cc1ccccc1Cn1c(C(=O)N2CCN(C(=O)CCc3ccccc3)C(C)C2)cc2ccsc21. The summed E-state index contributed by atoms with van der Waals surface area (Å²) < 4.78 is 2.16. The molecule has 4 aromatic rings. The average Bonchev–Trinajstić information content (AvgIpc) is 3.46. The summed E-state index contributed by atoms with van der Waals surface area (Å²) in [6.45, 7) is 6.52. The lowest BCUT2D eigenvalue weighted by atomic mass is 10.1. The van der Waals surface area contributed by atoms with Gasteiger partial charge in [-0.25, -0.2) is 0 Å². The van der Waals surface area contributed by atoms with Gasteiger partial charge in [0.05, 0.1) is 0 Å². The summed E-state index contributed by atoms with van der Waals surface area (Å²) in [7, 11) is 0. The molecule has 1 aliphatic rings. The highest BCUT2D eigenvalue weighted by Gasteiger charge is 2.31. The molecule has 2 amide bonds. The number of carbonyl (C=O) groups excluding carboxylic acids is 2. The number of aryl methyl sites for hydroxylation is 2. The van der Waals surface area contributed by atoms with Gasteiger partial charge in [-0.15, -0.1) is 11.3 Å². The van der Waals surface area contributed by atoms with Crippen molar-refractivity contribution >= 4 is 33.4 Å². The summed E-state index contributed by atoms with van der Waals surface area (Å²) in [4.78, 5) is 31.6. The summed E-state index contributed by atoms with van der Waals surface area (Å²) in [5.41, 5.74) is 4.35. The predicted octanol–water partition coefficient (Wildman–Crippen LogP) is 5.37. The van der Waals surface area contributed by atoms with Gasteiger partial charge in [-0.3, -0.25) is 9.59 Å². The van der Waals surface area contributed by atoms with Gasteiger partial charge in [-0.05, 0) is 54.5 Å². The molecular weight excluding hydrogens is 454 g/mol. The molecule has 2 aromatic heterocycles. The van der Waals surface area contributed by atoms with Crippen molar-refractivity contribution in [3.8, 4) is 0 Å². The lowest BCUT2D eigenvalue weighted by molar-refractivity contribution is -0.135. The predicted molar refractivity (Wildman–Crippen MR) is 142 cm³/mol. The number of rotatable bonds is 6. The Labute approximate surface area is 210 Å². The van der Waals surface area contributed by atoms with Gasteiger partial charge in [0, 0.05) is 44.0 Å². The summed E-state index contributed by atoms with van der Waals surface area (Å²) in [5.74, 6) is 0.210. The number of fused-ring (bicyclic) bond motifs is 1. The molecule has 1 aliphatic heterocycles. The molecule has 1 saturated heterocycles. The molecular formula is C29H31N3O2S. The minimum atomic E-state index is -0.00290. The fourth-order valence-corrected chi connectivity index (χ4v) is 5.88. The van der Waals surface area contributed by atoms with Gasteiger partial charge in [0.1, 0.15) is 10.5 Å². The number of piperazine rings is 1. The zero-order valence-electron chi connectivity index (χ0n) is 20.3. The van der Waals surface area contributed by atoms with Gasteiger partial charge >= 0.3 is 0 Å². The minimum absolute atomic E-state index is 0.00290. The highest BCUT2D eigenvalue weighted by atomic mass is 32.1. The van der Waals surface area contributed by atoms with Crippen molar-refractivity contribution in [3.05, 3.63) is 94.5 Å². The van der Waals surface area contributed by atoms with E-state index in [4.69, 9.17) is 0 Å². The molecule has 0 saturated carbocycles. The first-order valence-electron chi connectivity index (χ1n) is 12.2. The van der Waals surface area contributed by atoms with Gasteiger partial charge in [0.25, 0.3) is 5.91 Å². The van der Waals surface area contributed by atoms with Crippen LogP contribution in [-0.2, 0) is 17.8 Å². The van der Waals surface area contributed by atoms with Crippen LogP contribution in [0.25, 0.3) is 10.2 Å². The zero-order chi connectivity index (χ0) is 24.4. The van der Waals surface area contributed by atoms with Crippen LogP contribution in [0.2, 0.25) is 0 Å². The third-order valence-corrected chi connectivity index (χ3v) is 7.97. The van der Waals surface area contributed by atoms with Crippen molar-refractivity contribution < 1.29 is 9.59 Å². The molecule has 0 N–H and O–H groups in total. The molecule has 0 radical (unpaired) electrons. The van der Waals surface area contributed by atoms with Gasteiger partial charge < -0.3 is 14.4 Å². The Hall–Kier alpha value is -3.38. The van der Waals surface area contributed by atoms with E-state index in [0.717, 1.165) is 22.3 Å². The smallest absolute Gasteiger partial charge is 0.270 e. The molecule has 1 unspecified atom stereocenters. The Morgan fingerprint density at radius 1 is 1.00 bits per heavy atom. The number of hydrogen-bond acceptors (Lipinski definition) is 3. The Bertz CT molecular complexity index is 1340. The first-order valence-corrected chi connectivity index (χ1v) is 13.1. The largest absolute Gasteiger partial charge is 0.336 e. The number of carbonyl (C=O) groups is 2. The number of thiophene rings is 1. The molecule has 6 heteroatoms. The average molecular weight is 486 g/mol. The third kappa shape index (κ3) is 4.89. The molecule has 180 valence electrons. The lowest BCUT2D eigenvalue weighted by Gasteiger charge is -2.40. The van der Waals surface area contributed by atoms with Crippen LogP contribution in [0.15, 0.2) is 72.1 Å². The first kappa shape index (κ1) is 23.4. The van der Waals surface area contributed by atoms with E-state index in [1.807, 2.05) is 47.1 Å². The number of amides is 2. The number of hydrogen-bond donors (Lipinski definition) is 0. The molecule has 1 atom stereocenters. The zero-order valence-corrected chi connectivity index (χ0v) is 21.1. The monoisotopic (exact) mass is 485 g/mol. The third-order valence-electron chi connectivity index (χ3n) is 7.02. The van der Waals surface area contributed by atoms with Crippen molar-refractivity contribution in [2.75, 3.05) is 19.6 Å². The topological polar surface area (TPSA) is 45.6 Å². The van der Waals surface area contributed by atoms with Gasteiger partial charge in [0.2, 0.25) is 5.91 Å². The van der Waals surface area contributed by atoms with Crippen LogP contribution in [0, 0.1) is 6.92 Å². The molecule has 0 aliphatic carbocycles. The lowest BCUT2D eigenvalue weighted by Crippen LogP contribution is -2.55. The Morgan fingerprint density at radius 2 is 1.77 bits per heavy atom. The molecule has 3 heterocycles. The van der Waals surface area contributed by atoms with E-state index in [9.17, 15) is 9.59 Å². The van der Waals surface area contributed by atoms with Gasteiger partial charge in [-0.1, -0.05) is 54.6 Å². The summed E-state index contributed by atoms with van der Waals surface area (Å²) >= 11 is 1.67. The van der Waals surface area contributed by atoms with Crippen LogP contribution in [0.1, 0.15) is 40.5 Å². The van der Waals surface area contributed by atoms with Crippen LogP contribution in [-0.4, -0.2) is 51.9 Å². The number of benzene rings is 2. The van der Waals surface area contributed by atoms with Crippen LogP contribution in [0.4, 0.5) is 0 Å². The second-order valence-electron chi connectivity index (χ2n) is 9.40. The van der Waals surface area contributed by atoms with E-state index in [-0.39, 0.29) is 17.9 Å². The van der Waals surface area contributed by atoms with Crippen molar-refractivity contribution in [3.63, 3.8) is 0 Å². The molecule has 5 nitrogen and oxygen atoms in total. The van der Waals surface area contributed by atoms with E-state index < -0.39 is 0 Å². The van der Waals surface area contributed by atoms with Gasteiger partial charge in [-0.2, -0.15) is 0 Å². The maximum Gasteiger partial charge on any atom is 0.270 e. The van der Waals surface area contributed by atoms with Crippen molar-refractivity contribution in [2.24, 2.45) is 0 Å². The first-order chi connectivity index (χ1) is 17.0. The van der Waals surface area contributed by atoms with Gasteiger partial charge in [0.15, 0.2) is 0 Å². The highest BCUT2D eigenvalue weighted by Crippen LogP contribution is 2.28. The standard InChI is InChI=1S/C29H31N3O2S/c1-21-8-6-7-11-25(21)20-32-26(18-24-14-17-35-29(24)32)28(34)30-15-16-31(22(2)19-30)27(33)13-12-23-9-4-3-5-10-23/h3-11,14,17-18,22H,12-13,15-16,19-20H2,1-2H3. The second-order valence-corrected chi connectivity index (χ2v) is 10.3. The minimum Gasteiger partial charge on any atom is -0.336 e. The van der Waals surface area contributed by atoms with E-state index in [1.54, 1.807) is 11.3 Å². The summed E-state index contributed by atoms with van der Waals surface area (Å²) in [6.07, 6.45) is 1.24. The van der Waals surface area contributed by atoms with E-state index in [2.05, 4.69) is 53.3 Å². The summed E-state index contributed by atoms with van der Waals surface area (Å²) in [5, 5.41) is 3.18. The fraction of sp³-hybridized carbons (Fsp3) is 0.310. The number of aromatic nitrogens is 1. The van der Waals surface area contributed by atoms with Crippen molar-refractivity contribution in [2.45, 2.75) is 39.3 Å². The van der Waals surface area contributed by atoms with Crippen LogP contribution < -0.4 is 0 Å². The Morgan fingerprint density at radius 3 is 2.54 bits per heavy atom. The quantitative estimate of drug-likeness (QED) is 0.369. The molecule has 0 spiro atoms. The molecule has 2 aromatic carbocycles. The van der Waals surface area contributed by atoms with Crippen molar-refractivity contribution in [1.82, 2.24) is 14.4 Å². The van der Waals surface area contributed by atoms with Crippen LogP contribution >= 0.6 is 11.3 Å². The number of nitrogens with zero attached hydrogens (tertiary/aromatic N) is 3. The molecule has 0 bridgehead atoms. The van der Waals surface area contributed by atoms with Crippen LogP contribution in [0.3, 0.4) is 0 Å². The molecule has 1 fully saturated rings. The van der Waals surface area contributed by atoms with Crippen LogP contribution in [0.5, 0.6) is 0 Å². The Kier molecular flexibility index (Phi) is 6.73. The second kappa shape index (κ2) is 10.1. The van der Waals surface area contributed by atoms with E-state index >= 15 is 0 Å². The normalized spacial score (nSPS) is 16.1. The fourth-order valence-electron chi connectivity index (χ4n) is 4.98. The Balaban J connectivity index is 1.29. The molecule has 35 heavy (non-hydrogen) atoms. The van der Waals surface area contributed by atoms with E-state index in [0.29, 0.717) is 32.6 Å².